The minimum Gasteiger partial charge on any atom is -0.310 e. The van der Waals surface area contributed by atoms with Gasteiger partial charge in [0.15, 0.2) is 0 Å². The van der Waals surface area contributed by atoms with Crippen molar-refractivity contribution < 1.29 is 17.4 Å². The van der Waals surface area contributed by atoms with Crippen LogP contribution in [0.15, 0.2) is 36.4 Å². The summed E-state index contributed by atoms with van der Waals surface area (Å²) in [5.74, 6) is -0.525. The van der Waals surface area contributed by atoms with E-state index in [2.05, 4.69) is 38.2 Å². The van der Waals surface area contributed by atoms with Gasteiger partial charge in [-0.25, -0.2) is 4.39 Å². The number of benzene rings is 1. The molecule has 1 rings (SSSR count). The highest BCUT2D eigenvalue weighted by atomic mass is 32.2. The van der Waals surface area contributed by atoms with E-state index in [-0.39, 0.29) is 23.0 Å². The standard InChI is InChI=1S/C17H26FNO3S/c1-17(2,3)10-9-16(19-11-4-12-23(20,21)22)13-14-5-7-15(18)8-6-14/h5-10,16,19H,4,11-13H2,1-3H3,(H,20,21,22). The second kappa shape index (κ2) is 8.57. The average Bonchev–Trinajstić information content (AvgIpc) is 2.41. The third-order valence-corrected chi connectivity index (χ3v) is 3.99. The highest BCUT2D eigenvalue weighted by Crippen LogP contribution is 2.16. The Kier molecular flexibility index (Phi) is 7.38. The minimum absolute atomic E-state index is 0.0149. The van der Waals surface area contributed by atoms with Crippen molar-refractivity contribution in [2.75, 3.05) is 12.3 Å². The van der Waals surface area contributed by atoms with Gasteiger partial charge >= 0.3 is 0 Å². The zero-order chi connectivity index (χ0) is 17.5. The molecule has 0 amide bonds. The monoisotopic (exact) mass is 343 g/mol. The van der Waals surface area contributed by atoms with Crippen LogP contribution in [0.2, 0.25) is 0 Å². The van der Waals surface area contributed by atoms with Gasteiger partial charge in [-0.3, -0.25) is 4.55 Å². The summed E-state index contributed by atoms with van der Waals surface area (Å²) >= 11 is 0. The SMILES string of the molecule is CC(C)(C)C=CC(Cc1ccc(F)cc1)NCCCS(=O)(=O)O. The molecular weight excluding hydrogens is 317 g/mol. The zero-order valence-corrected chi connectivity index (χ0v) is 14.7. The first-order chi connectivity index (χ1) is 10.6. The first-order valence-electron chi connectivity index (χ1n) is 7.67. The van der Waals surface area contributed by atoms with Crippen molar-refractivity contribution in [3.8, 4) is 0 Å². The van der Waals surface area contributed by atoms with E-state index in [0.717, 1.165) is 5.56 Å². The van der Waals surface area contributed by atoms with Crippen molar-refractivity contribution in [2.45, 2.75) is 39.7 Å². The van der Waals surface area contributed by atoms with Crippen molar-refractivity contribution in [1.82, 2.24) is 5.32 Å². The summed E-state index contributed by atoms with van der Waals surface area (Å²) in [5, 5.41) is 3.27. The molecule has 1 unspecified atom stereocenters. The second-order valence-electron chi connectivity index (χ2n) is 6.76. The molecule has 0 aliphatic rings. The lowest BCUT2D eigenvalue weighted by Crippen LogP contribution is -2.31. The van der Waals surface area contributed by atoms with E-state index in [0.29, 0.717) is 19.4 Å². The van der Waals surface area contributed by atoms with Crippen molar-refractivity contribution in [3.05, 3.63) is 47.8 Å². The Morgan fingerprint density at radius 1 is 1.26 bits per heavy atom. The van der Waals surface area contributed by atoms with E-state index >= 15 is 0 Å². The average molecular weight is 343 g/mol. The molecule has 0 aromatic heterocycles. The summed E-state index contributed by atoms with van der Waals surface area (Å²) < 4.78 is 43.2. The lowest BCUT2D eigenvalue weighted by molar-refractivity contribution is 0.478. The van der Waals surface area contributed by atoms with Gasteiger partial charge in [-0.2, -0.15) is 8.42 Å². The number of allylic oxidation sites excluding steroid dienone is 1. The minimum atomic E-state index is -3.92. The van der Waals surface area contributed by atoms with Crippen LogP contribution in [0.5, 0.6) is 0 Å². The fourth-order valence-corrected chi connectivity index (χ4v) is 2.54. The Balaban J connectivity index is 2.65. The van der Waals surface area contributed by atoms with E-state index in [1.807, 2.05) is 0 Å². The fraction of sp³-hybridized carbons (Fsp3) is 0.529. The quantitative estimate of drug-likeness (QED) is 0.432. The van der Waals surface area contributed by atoms with Crippen LogP contribution in [0.3, 0.4) is 0 Å². The van der Waals surface area contributed by atoms with Gasteiger partial charge in [0.05, 0.1) is 5.75 Å². The Morgan fingerprint density at radius 3 is 2.39 bits per heavy atom. The van der Waals surface area contributed by atoms with Crippen LogP contribution in [0, 0.1) is 11.2 Å². The number of nitrogens with one attached hydrogen (secondary N) is 1. The van der Waals surface area contributed by atoms with E-state index in [9.17, 15) is 12.8 Å². The summed E-state index contributed by atoms with van der Waals surface area (Å²) in [6.45, 7) is 6.75. The molecule has 130 valence electrons. The third kappa shape index (κ3) is 10.2. The van der Waals surface area contributed by atoms with Crippen LogP contribution in [0.4, 0.5) is 4.39 Å². The van der Waals surface area contributed by atoms with Gasteiger partial charge < -0.3 is 5.32 Å². The van der Waals surface area contributed by atoms with E-state index in [1.165, 1.54) is 12.1 Å². The zero-order valence-electron chi connectivity index (χ0n) is 13.9. The molecular formula is C17H26FNO3S. The molecule has 0 bridgehead atoms. The molecule has 6 heteroatoms. The van der Waals surface area contributed by atoms with Crippen LogP contribution >= 0.6 is 0 Å². The molecule has 0 aliphatic heterocycles. The van der Waals surface area contributed by atoms with Gasteiger partial charge in [0.25, 0.3) is 10.1 Å². The van der Waals surface area contributed by atoms with Crippen LogP contribution in [0.1, 0.15) is 32.8 Å². The summed E-state index contributed by atoms with van der Waals surface area (Å²) in [6, 6.07) is 6.36. The Hall–Kier alpha value is -1.24. The van der Waals surface area contributed by atoms with E-state index < -0.39 is 10.1 Å². The third-order valence-electron chi connectivity index (χ3n) is 3.18. The van der Waals surface area contributed by atoms with Crippen LogP contribution in [-0.4, -0.2) is 31.3 Å². The molecule has 0 saturated carbocycles. The smallest absolute Gasteiger partial charge is 0.264 e. The lowest BCUT2D eigenvalue weighted by Gasteiger charge is -2.18. The molecule has 23 heavy (non-hydrogen) atoms. The molecule has 0 fully saturated rings. The molecule has 0 radical (unpaired) electrons. The molecule has 0 heterocycles. The van der Waals surface area contributed by atoms with Crippen molar-refractivity contribution in [1.29, 1.82) is 0 Å². The maximum absolute atomic E-state index is 13.0. The predicted molar refractivity (Wildman–Crippen MR) is 91.5 cm³/mol. The van der Waals surface area contributed by atoms with Gasteiger partial charge in [-0.1, -0.05) is 45.1 Å². The largest absolute Gasteiger partial charge is 0.310 e. The highest BCUT2D eigenvalue weighted by Gasteiger charge is 2.10. The highest BCUT2D eigenvalue weighted by molar-refractivity contribution is 7.85. The molecule has 0 saturated heterocycles. The molecule has 2 N–H and O–H groups in total. The van der Waals surface area contributed by atoms with Gasteiger partial charge in [0.1, 0.15) is 5.82 Å². The first-order valence-corrected chi connectivity index (χ1v) is 9.28. The van der Waals surface area contributed by atoms with Gasteiger partial charge in [-0.15, -0.1) is 0 Å². The molecule has 0 spiro atoms. The Labute approximate surface area is 138 Å². The summed E-state index contributed by atoms with van der Waals surface area (Å²) in [5.41, 5.74) is 1.04. The maximum atomic E-state index is 13.0. The van der Waals surface area contributed by atoms with Crippen molar-refractivity contribution in [3.63, 3.8) is 0 Å². The summed E-state index contributed by atoms with van der Waals surface area (Å²) in [6.07, 6.45) is 5.16. The van der Waals surface area contributed by atoms with Crippen molar-refractivity contribution >= 4 is 10.1 Å². The molecule has 0 aliphatic carbocycles. The normalized spacial score (nSPS) is 14.3. The van der Waals surface area contributed by atoms with E-state index in [4.69, 9.17) is 4.55 Å². The first kappa shape index (κ1) is 19.8. The number of hydrogen-bond donors (Lipinski definition) is 2. The predicted octanol–water partition coefficient (Wildman–Crippen LogP) is 3.21. The number of hydrogen-bond acceptors (Lipinski definition) is 3. The van der Waals surface area contributed by atoms with E-state index in [1.54, 1.807) is 12.1 Å². The summed E-state index contributed by atoms with van der Waals surface area (Å²) in [4.78, 5) is 0. The second-order valence-corrected chi connectivity index (χ2v) is 8.33. The Morgan fingerprint density at radius 2 is 1.87 bits per heavy atom. The van der Waals surface area contributed by atoms with Crippen LogP contribution in [-0.2, 0) is 16.5 Å². The topological polar surface area (TPSA) is 66.4 Å². The van der Waals surface area contributed by atoms with Crippen LogP contribution in [0.25, 0.3) is 0 Å². The van der Waals surface area contributed by atoms with Gasteiger partial charge in [0, 0.05) is 6.04 Å². The lowest BCUT2D eigenvalue weighted by atomic mass is 9.94. The number of rotatable bonds is 8. The maximum Gasteiger partial charge on any atom is 0.264 e. The molecule has 1 aromatic carbocycles. The Bertz CT molecular complexity index is 604. The molecule has 1 atom stereocenters. The molecule has 4 nitrogen and oxygen atoms in total. The van der Waals surface area contributed by atoms with Gasteiger partial charge in [0.2, 0.25) is 0 Å². The van der Waals surface area contributed by atoms with Crippen LogP contribution < -0.4 is 5.32 Å². The fourth-order valence-electron chi connectivity index (χ4n) is 2.03. The van der Waals surface area contributed by atoms with Crippen molar-refractivity contribution in [2.24, 2.45) is 5.41 Å². The van der Waals surface area contributed by atoms with Gasteiger partial charge in [-0.05, 0) is 42.5 Å². The number of halogens is 1. The molecule has 1 aromatic rings. The summed E-state index contributed by atoms with van der Waals surface area (Å²) in [7, 11) is -3.92.